The predicted octanol–water partition coefficient (Wildman–Crippen LogP) is 4.69. The molecule has 3 heteroatoms. The SMILES string of the molecule is CC(Cc1ccc(O)cc1)c1ccccc1C(=O)OC(C)(C)C. The van der Waals surface area contributed by atoms with Crippen LogP contribution in [0.1, 0.15) is 55.1 Å². The van der Waals surface area contributed by atoms with Crippen LogP contribution in [0.3, 0.4) is 0 Å². The monoisotopic (exact) mass is 312 g/mol. The Labute approximate surface area is 137 Å². The second-order valence-corrected chi connectivity index (χ2v) is 6.86. The topological polar surface area (TPSA) is 46.5 Å². The second kappa shape index (κ2) is 6.86. The Morgan fingerprint density at radius 3 is 2.30 bits per heavy atom. The number of phenolic OH excluding ortho intramolecular Hbond substituents is 1. The number of phenols is 1. The highest BCUT2D eigenvalue weighted by Crippen LogP contribution is 2.26. The molecule has 1 atom stereocenters. The average molecular weight is 312 g/mol. The lowest BCUT2D eigenvalue weighted by Crippen LogP contribution is -2.24. The average Bonchev–Trinajstić information content (AvgIpc) is 2.48. The smallest absolute Gasteiger partial charge is 0.338 e. The molecular formula is C20H24O3. The molecule has 0 aliphatic carbocycles. The van der Waals surface area contributed by atoms with Crippen LogP contribution in [0.25, 0.3) is 0 Å². The van der Waals surface area contributed by atoms with Crippen molar-refractivity contribution in [1.82, 2.24) is 0 Å². The molecule has 0 aromatic heterocycles. The first-order valence-corrected chi connectivity index (χ1v) is 7.86. The van der Waals surface area contributed by atoms with Crippen molar-refractivity contribution in [3.63, 3.8) is 0 Å². The number of aromatic hydroxyl groups is 1. The van der Waals surface area contributed by atoms with Gasteiger partial charge in [-0.25, -0.2) is 4.79 Å². The van der Waals surface area contributed by atoms with Crippen molar-refractivity contribution in [3.8, 4) is 5.75 Å². The van der Waals surface area contributed by atoms with E-state index in [1.807, 2.05) is 57.2 Å². The van der Waals surface area contributed by atoms with Crippen molar-refractivity contribution in [1.29, 1.82) is 0 Å². The molecular weight excluding hydrogens is 288 g/mol. The van der Waals surface area contributed by atoms with Crippen LogP contribution < -0.4 is 0 Å². The molecule has 0 radical (unpaired) electrons. The molecule has 2 rings (SSSR count). The number of benzene rings is 2. The molecule has 0 spiro atoms. The number of carbonyl (C=O) groups excluding carboxylic acids is 1. The molecule has 0 aliphatic heterocycles. The first kappa shape index (κ1) is 17.1. The highest BCUT2D eigenvalue weighted by molar-refractivity contribution is 5.91. The van der Waals surface area contributed by atoms with Crippen LogP contribution in [0, 0.1) is 0 Å². The normalized spacial score (nSPS) is 12.7. The van der Waals surface area contributed by atoms with Crippen LogP contribution in [-0.4, -0.2) is 16.7 Å². The third kappa shape index (κ3) is 4.85. The van der Waals surface area contributed by atoms with E-state index in [9.17, 15) is 9.90 Å². The maximum Gasteiger partial charge on any atom is 0.338 e. The molecule has 0 amide bonds. The Hall–Kier alpha value is -2.29. The Morgan fingerprint density at radius 1 is 1.09 bits per heavy atom. The van der Waals surface area contributed by atoms with Crippen LogP contribution >= 0.6 is 0 Å². The summed E-state index contributed by atoms with van der Waals surface area (Å²) in [6.07, 6.45) is 0.792. The number of ether oxygens (including phenoxy) is 1. The third-order valence-corrected chi connectivity index (χ3v) is 3.59. The lowest BCUT2D eigenvalue weighted by atomic mass is 9.90. The minimum absolute atomic E-state index is 0.170. The molecule has 122 valence electrons. The van der Waals surface area contributed by atoms with Gasteiger partial charge >= 0.3 is 5.97 Å². The zero-order chi connectivity index (χ0) is 17.0. The fraction of sp³-hybridized carbons (Fsp3) is 0.350. The summed E-state index contributed by atoms with van der Waals surface area (Å²) in [6, 6.07) is 14.8. The van der Waals surface area contributed by atoms with Crippen molar-refractivity contribution in [2.45, 2.75) is 45.6 Å². The van der Waals surface area contributed by atoms with Gasteiger partial charge in [-0.3, -0.25) is 0 Å². The van der Waals surface area contributed by atoms with Crippen molar-refractivity contribution in [3.05, 3.63) is 65.2 Å². The molecule has 3 nitrogen and oxygen atoms in total. The van der Waals surface area contributed by atoms with Gasteiger partial charge in [-0.05, 0) is 62.4 Å². The summed E-state index contributed by atoms with van der Waals surface area (Å²) in [5.74, 6) is 0.143. The zero-order valence-corrected chi connectivity index (χ0v) is 14.2. The molecule has 0 aliphatic rings. The van der Waals surface area contributed by atoms with E-state index in [0.29, 0.717) is 5.56 Å². The first-order valence-electron chi connectivity index (χ1n) is 7.86. The zero-order valence-electron chi connectivity index (χ0n) is 14.2. The molecule has 0 heterocycles. The van der Waals surface area contributed by atoms with Crippen molar-refractivity contribution in [2.24, 2.45) is 0 Å². The minimum atomic E-state index is -0.510. The van der Waals surface area contributed by atoms with Gasteiger partial charge in [-0.1, -0.05) is 37.3 Å². The highest BCUT2D eigenvalue weighted by atomic mass is 16.6. The summed E-state index contributed by atoms with van der Waals surface area (Å²) >= 11 is 0. The molecule has 0 saturated carbocycles. The van der Waals surface area contributed by atoms with Gasteiger partial charge in [0, 0.05) is 0 Å². The van der Waals surface area contributed by atoms with E-state index in [0.717, 1.165) is 17.5 Å². The molecule has 1 unspecified atom stereocenters. The van der Waals surface area contributed by atoms with Crippen LogP contribution in [0.15, 0.2) is 48.5 Å². The van der Waals surface area contributed by atoms with E-state index in [4.69, 9.17) is 4.74 Å². The molecule has 1 N–H and O–H groups in total. The van der Waals surface area contributed by atoms with Crippen molar-refractivity contribution < 1.29 is 14.6 Å². The van der Waals surface area contributed by atoms with Gasteiger partial charge in [0.2, 0.25) is 0 Å². The lowest BCUT2D eigenvalue weighted by Gasteiger charge is -2.22. The molecule has 0 saturated heterocycles. The molecule has 2 aromatic carbocycles. The van der Waals surface area contributed by atoms with Gasteiger partial charge in [0.25, 0.3) is 0 Å². The summed E-state index contributed by atoms with van der Waals surface area (Å²) in [4.78, 5) is 12.4. The van der Waals surface area contributed by atoms with Gasteiger partial charge in [-0.15, -0.1) is 0 Å². The van der Waals surface area contributed by atoms with Gasteiger partial charge in [-0.2, -0.15) is 0 Å². The minimum Gasteiger partial charge on any atom is -0.508 e. The summed E-state index contributed by atoms with van der Waals surface area (Å²) in [5, 5.41) is 9.37. The predicted molar refractivity (Wildman–Crippen MR) is 91.8 cm³/mol. The number of hydrogen-bond acceptors (Lipinski definition) is 3. The van der Waals surface area contributed by atoms with Crippen LogP contribution in [0.5, 0.6) is 5.75 Å². The maximum absolute atomic E-state index is 12.4. The Balaban J connectivity index is 2.22. The lowest BCUT2D eigenvalue weighted by molar-refractivity contribution is 0.00678. The maximum atomic E-state index is 12.4. The van der Waals surface area contributed by atoms with E-state index in [1.165, 1.54) is 0 Å². The molecule has 0 bridgehead atoms. The second-order valence-electron chi connectivity index (χ2n) is 6.86. The fourth-order valence-corrected chi connectivity index (χ4v) is 2.54. The Bertz CT molecular complexity index is 666. The first-order chi connectivity index (χ1) is 10.8. The van der Waals surface area contributed by atoms with Crippen molar-refractivity contribution in [2.75, 3.05) is 0 Å². The van der Waals surface area contributed by atoms with E-state index in [1.54, 1.807) is 12.1 Å². The fourth-order valence-electron chi connectivity index (χ4n) is 2.54. The number of esters is 1. The van der Waals surface area contributed by atoms with E-state index >= 15 is 0 Å². The third-order valence-electron chi connectivity index (χ3n) is 3.59. The summed E-state index contributed by atoms with van der Waals surface area (Å²) in [7, 11) is 0. The number of hydrogen-bond donors (Lipinski definition) is 1. The van der Waals surface area contributed by atoms with Gasteiger partial charge in [0.05, 0.1) is 5.56 Å². The number of carbonyl (C=O) groups is 1. The Kier molecular flexibility index (Phi) is 5.09. The standard InChI is InChI=1S/C20H24O3/c1-14(13-15-9-11-16(21)12-10-15)17-7-5-6-8-18(17)19(22)23-20(2,3)4/h5-12,14,21H,13H2,1-4H3. The quantitative estimate of drug-likeness (QED) is 0.833. The van der Waals surface area contributed by atoms with Crippen LogP contribution in [-0.2, 0) is 11.2 Å². The Morgan fingerprint density at radius 2 is 1.70 bits per heavy atom. The summed E-state index contributed by atoms with van der Waals surface area (Å²) in [5.41, 5.74) is 2.21. The molecule has 2 aromatic rings. The molecule has 23 heavy (non-hydrogen) atoms. The van der Waals surface area contributed by atoms with Crippen LogP contribution in [0.2, 0.25) is 0 Å². The summed E-state index contributed by atoms with van der Waals surface area (Å²) in [6.45, 7) is 7.70. The van der Waals surface area contributed by atoms with Crippen molar-refractivity contribution >= 4 is 5.97 Å². The highest BCUT2D eigenvalue weighted by Gasteiger charge is 2.22. The van der Waals surface area contributed by atoms with Gasteiger partial charge in [0.15, 0.2) is 0 Å². The van der Waals surface area contributed by atoms with Crippen LogP contribution in [0.4, 0.5) is 0 Å². The van der Waals surface area contributed by atoms with Gasteiger partial charge < -0.3 is 9.84 Å². The van der Waals surface area contributed by atoms with Gasteiger partial charge in [0.1, 0.15) is 11.4 Å². The number of rotatable bonds is 4. The molecule has 0 fully saturated rings. The summed E-state index contributed by atoms with van der Waals surface area (Å²) < 4.78 is 5.51. The van der Waals surface area contributed by atoms with E-state index in [-0.39, 0.29) is 17.6 Å². The largest absolute Gasteiger partial charge is 0.508 e. The van der Waals surface area contributed by atoms with E-state index < -0.39 is 5.60 Å². The van der Waals surface area contributed by atoms with E-state index in [2.05, 4.69) is 6.92 Å².